The maximum atomic E-state index is 6.21. The summed E-state index contributed by atoms with van der Waals surface area (Å²) in [5, 5.41) is 7.78. The van der Waals surface area contributed by atoms with E-state index in [-0.39, 0.29) is 5.41 Å². The third-order valence-corrected chi connectivity index (χ3v) is 5.39. The van der Waals surface area contributed by atoms with Crippen LogP contribution in [0.3, 0.4) is 0 Å². The normalized spacial score (nSPS) is 16.2. The number of pyridine rings is 1. The van der Waals surface area contributed by atoms with Gasteiger partial charge in [0.15, 0.2) is 5.11 Å². The molecule has 3 rings (SSSR count). The number of benzene rings is 1. The highest BCUT2D eigenvalue weighted by molar-refractivity contribution is 9.10. The molecule has 4 nitrogen and oxygen atoms in total. The fraction of sp³-hybridized carbons (Fsp3) is 0.333. The first kappa shape index (κ1) is 18.6. The number of ether oxygens (including phenoxy) is 1. The fourth-order valence-corrected chi connectivity index (χ4v) is 3.61. The van der Waals surface area contributed by atoms with E-state index in [4.69, 9.17) is 28.6 Å². The maximum Gasteiger partial charge on any atom is 0.171 e. The van der Waals surface area contributed by atoms with E-state index in [1.165, 1.54) is 5.56 Å². The molecule has 0 atom stereocenters. The zero-order valence-corrected chi connectivity index (χ0v) is 16.8. The van der Waals surface area contributed by atoms with Crippen molar-refractivity contribution in [3.63, 3.8) is 0 Å². The lowest BCUT2D eigenvalue weighted by Crippen LogP contribution is -2.45. The Labute approximate surface area is 166 Å². The molecule has 2 N–H and O–H groups in total. The fourth-order valence-electron chi connectivity index (χ4n) is 3.01. The number of anilines is 1. The lowest BCUT2D eigenvalue weighted by Gasteiger charge is -2.38. The number of nitrogens with one attached hydrogen (secondary N) is 2. The molecule has 2 aromatic rings. The summed E-state index contributed by atoms with van der Waals surface area (Å²) in [6.45, 7) is 2.20. The second-order valence-electron chi connectivity index (χ2n) is 6.07. The minimum Gasteiger partial charge on any atom is -0.381 e. The summed E-state index contributed by atoms with van der Waals surface area (Å²) in [7, 11) is 0. The Bertz CT molecular complexity index is 735. The van der Waals surface area contributed by atoms with E-state index >= 15 is 0 Å². The van der Waals surface area contributed by atoms with Crippen molar-refractivity contribution in [3.8, 4) is 0 Å². The van der Waals surface area contributed by atoms with E-state index in [1.807, 2.05) is 30.3 Å². The predicted molar refractivity (Wildman–Crippen MR) is 109 cm³/mol. The van der Waals surface area contributed by atoms with Crippen molar-refractivity contribution in [1.82, 2.24) is 10.3 Å². The Hall–Kier alpha value is -1.21. The molecule has 0 amide bonds. The van der Waals surface area contributed by atoms with Gasteiger partial charge in [0.25, 0.3) is 0 Å². The summed E-state index contributed by atoms with van der Waals surface area (Å²) in [5.74, 6) is 0.712. The third kappa shape index (κ3) is 4.91. The largest absolute Gasteiger partial charge is 0.381 e. The first-order valence-electron chi connectivity index (χ1n) is 8.08. The van der Waals surface area contributed by atoms with Crippen LogP contribution in [0.2, 0.25) is 5.02 Å². The Morgan fingerprint density at radius 3 is 2.76 bits per heavy atom. The number of aromatic nitrogens is 1. The molecular weight excluding hydrogens is 422 g/mol. The summed E-state index contributed by atoms with van der Waals surface area (Å²) < 4.78 is 6.50. The quantitative estimate of drug-likeness (QED) is 0.684. The lowest BCUT2D eigenvalue weighted by atomic mass is 9.74. The van der Waals surface area contributed by atoms with Crippen molar-refractivity contribution in [2.75, 3.05) is 25.1 Å². The maximum absolute atomic E-state index is 6.21. The summed E-state index contributed by atoms with van der Waals surface area (Å²) >= 11 is 15.0. The van der Waals surface area contributed by atoms with Crippen molar-refractivity contribution >= 4 is 50.7 Å². The van der Waals surface area contributed by atoms with E-state index in [0.717, 1.165) is 42.1 Å². The van der Waals surface area contributed by atoms with Gasteiger partial charge in [-0.25, -0.2) is 4.98 Å². The summed E-state index contributed by atoms with van der Waals surface area (Å²) in [6.07, 6.45) is 3.59. The van der Waals surface area contributed by atoms with Gasteiger partial charge in [-0.3, -0.25) is 0 Å². The molecule has 2 heterocycles. The minimum atomic E-state index is -0.0396. The Morgan fingerprint density at radius 2 is 2.08 bits per heavy atom. The zero-order valence-electron chi connectivity index (χ0n) is 13.6. The van der Waals surface area contributed by atoms with Gasteiger partial charge < -0.3 is 15.4 Å². The van der Waals surface area contributed by atoms with Gasteiger partial charge in [0.05, 0.1) is 0 Å². The molecule has 0 bridgehead atoms. The lowest BCUT2D eigenvalue weighted by molar-refractivity contribution is 0.0515. The standard InChI is InChI=1S/C18H19BrClN3OS/c19-14-4-5-16(21-11-14)23-17(25)22-12-18(6-8-24-9-7-18)13-2-1-3-15(20)10-13/h1-5,10-11H,6-9,12H2,(H2,21,22,23,25). The first-order valence-corrected chi connectivity index (χ1v) is 9.66. The number of hydrogen-bond acceptors (Lipinski definition) is 3. The van der Waals surface area contributed by atoms with Crippen LogP contribution in [0.15, 0.2) is 47.1 Å². The average molecular weight is 441 g/mol. The summed E-state index contributed by atoms with van der Waals surface area (Å²) in [4.78, 5) is 4.28. The van der Waals surface area contributed by atoms with Crippen LogP contribution in [-0.4, -0.2) is 29.9 Å². The Balaban J connectivity index is 1.68. The molecule has 132 valence electrons. The number of halogens is 2. The highest BCUT2D eigenvalue weighted by Gasteiger charge is 2.34. The van der Waals surface area contributed by atoms with E-state index in [2.05, 4.69) is 37.6 Å². The van der Waals surface area contributed by atoms with Crippen LogP contribution in [0.4, 0.5) is 5.82 Å². The highest BCUT2D eigenvalue weighted by atomic mass is 79.9. The van der Waals surface area contributed by atoms with Crippen molar-refractivity contribution in [2.45, 2.75) is 18.3 Å². The van der Waals surface area contributed by atoms with Crippen LogP contribution >= 0.6 is 39.7 Å². The smallest absolute Gasteiger partial charge is 0.171 e. The number of thiocarbonyl (C=S) groups is 1. The first-order chi connectivity index (χ1) is 12.1. The number of nitrogens with zero attached hydrogens (tertiary/aromatic N) is 1. The summed E-state index contributed by atoms with van der Waals surface area (Å²) in [5.41, 5.74) is 1.18. The predicted octanol–water partition coefficient (Wildman–Crippen LogP) is 4.53. The Kier molecular flexibility index (Phi) is 6.28. The van der Waals surface area contributed by atoms with Crippen LogP contribution in [0.1, 0.15) is 18.4 Å². The van der Waals surface area contributed by atoms with Gasteiger partial charge in [-0.1, -0.05) is 23.7 Å². The van der Waals surface area contributed by atoms with Crippen molar-refractivity contribution in [1.29, 1.82) is 0 Å². The van der Waals surface area contributed by atoms with Crippen LogP contribution in [-0.2, 0) is 10.2 Å². The van der Waals surface area contributed by atoms with Crippen LogP contribution < -0.4 is 10.6 Å². The molecule has 1 fully saturated rings. The molecule has 0 unspecified atom stereocenters. The molecule has 1 aromatic heterocycles. The van der Waals surface area contributed by atoms with Gasteiger partial charge in [-0.05, 0) is 70.8 Å². The molecule has 7 heteroatoms. The monoisotopic (exact) mass is 439 g/mol. The van der Waals surface area contributed by atoms with Gasteiger partial charge in [-0.15, -0.1) is 0 Å². The molecule has 0 radical (unpaired) electrons. The molecule has 0 spiro atoms. The molecular formula is C18H19BrClN3OS. The SMILES string of the molecule is S=C(NCC1(c2cccc(Cl)c2)CCOCC1)Nc1ccc(Br)cn1. The molecule has 1 aromatic carbocycles. The third-order valence-electron chi connectivity index (χ3n) is 4.44. The molecule has 1 aliphatic heterocycles. The van der Waals surface area contributed by atoms with Gasteiger partial charge in [-0.2, -0.15) is 0 Å². The Morgan fingerprint density at radius 1 is 1.28 bits per heavy atom. The van der Waals surface area contributed by atoms with Crippen LogP contribution in [0, 0.1) is 0 Å². The highest BCUT2D eigenvalue weighted by Crippen LogP contribution is 2.35. The molecule has 1 saturated heterocycles. The van der Waals surface area contributed by atoms with Crippen LogP contribution in [0.25, 0.3) is 0 Å². The van der Waals surface area contributed by atoms with Crippen LogP contribution in [0.5, 0.6) is 0 Å². The second-order valence-corrected chi connectivity index (χ2v) is 7.83. The average Bonchev–Trinajstić information content (AvgIpc) is 2.63. The summed E-state index contributed by atoms with van der Waals surface area (Å²) in [6, 6.07) is 11.9. The van der Waals surface area contributed by atoms with E-state index in [0.29, 0.717) is 10.9 Å². The van der Waals surface area contributed by atoms with Gasteiger partial charge >= 0.3 is 0 Å². The number of hydrogen-bond donors (Lipinski definition) is 2. The minimum absolute atomic E-state index is 0.0396. The molecule has 0 aliphatic carbocycles. The topological polar surface area (TPSA) is 46.2 Å². The molecule has 25 heavy (non-hydrogen) atoms. The van der Waals surface area contributed by atoms with E-state index in [9.17, 15) is 0 Å². The number of rotatable bonds is 4. The van der Waals surface area contributed by atoms with Crippen molar-refractivity contribution < 1.29 is 4.74 Å². The molecule has 1 aliphatic rings. The van der Waals surface area contributed by atoms with Gasteiger partial charge in [0.1, 0.15) is 5.82 Å². The molecule has 0 saturated carbocycles. The van der Waals surface area contributed by atoms with E-state index < -0.39 is 0 Å². The van der Waals surface area contributed by atoms with Gasteiger partial charge in [0, 0.05) is 40.9 Å². The van der Waals surface area contributed by atoms with Gasteiger partial charge in [0.2, 0.25) is 0 Å². The van der Waals surface area contributed by atoms with Crippen molar-refractivity contribution in [2.24, 2.45) is 0 Å². The van der Waals surface area contributed by atoms with Crippen molar-refractivity contribution in [3.05, 3.63) is 57.7 Å². The zero-order chi connectivity index (χ0) is 17.7. The van der Waals surface area contributed by atoms with E-state index in [1.54, 1.807) is 6.20 Å². The second kappa shape index (κ2) is 8.45.